The number of para-hydroxylation sites is 1. The van der Waals surface area contributed by atoms with Crippen LogP contribution >= 0.6 is 11.3 Å². The van der Waals surface area contributed by atoms with E-state index in [1.165, 1.54) is 5.56 Å². The van der Waals surface area contributed by atoms with E-state index in [4.69, 9.17) is 0 Å². The second-order valence-electron chi connectivity index (χ2n) is 7.40. The first-order valence-corrected chi connectivity index (χ1v) is 10.5. The van der Waals surface area contributed by atoms with Crippen LogP contribution in [0.4, 0.5) is 11.4 Å². The predicted molar refractivity (Wildman–Crippen MR) is 121 cm³/mol. The summed E-state index contributed by atoms with van der Waals surface area (Å²) in [6.07, 6.45) is 0. The topological polar surface area (TPSA) is 88.2 Å². The van der Waals surface area contributed by atoms with Crippen LogP contribution in [0, 0.1) is 6.92 Å². The number of anilines is 2. The minimum Gasteiger partial charge on any atom is -0.325 e. The van der Waals surface area contributed by atoms with Gasteiger partial charge in [0.1, 0.15) is 10.9 Å². The molecule has 1 aliphatic rings. The number of hydrogen-bond donors (Lipinski definition) is 2. The van der Waals surface area contributed by atoms with E-state index >= 15 is 0 Å². The van der Waals surface area contributed by atoms with Gasteiger partial charge in [0.25, 0.3) is 5.91 Å². The highest BCUT2D eigenvalue weighted by molar-refractivity contribution is 7.21. The van der Waals surface area contributed by atoms with Crippen molar-refractivity contribution in [1.82, 2.24) is 4.98 Å². The molecule has 152 valence electrons. The summed E-state index contributed by atoms with van der Waals surface area (Å²) >= 11 is 1.60. The molecule has 5 rings (SSSR count). The molecule has 2 N–H and O–H groups in total. The van der Waals surface area contributed by atoms with Gasteiger partial charge in [0.05, 0.1) is 10.2 Å². The van der Waals surface area contributed by atoms with Gasteiger partial charge in [0.15, 0.2) is 0 Å². The minimum absolute atomic E-state index is 0.478. The van der Waals surface area contributed by atoms with Crippen LogP contribution in [0.3, 0.4) is 0 Å². The van der Waals surface area contributed by atoms with Crippen molar-refractivity contribution in [3.63, 3.8) is 0 Å². The fourth-order valence-electron chi connectivity index (χ4n) is 3.64. The molecule has 7 heteroatoms. The number of carbonyl (C=O) groups is 3. The van der Waals surface area contributed by atoms with Crippen molar-refractivity contribution in [2.45, 2.75) is 12.8 Å². The zero-order valence-electron chi connectivity index (χ0n) is 16.5. The van der Waals surface area contributed by atoms with E-state index in [2.05, 4.69) is 21.7 Å². The average molecular weight is 427 g/mol. The number of carbonyl (C=O) groups excluding carboxylic acids is 3. The van der Waals surface area contributed by atoms with E-state index in [0.717, 1.165) is 20.8 Å². The van der Waals surface area contributed by atoms with Gasteiger partial charge < -0.3 is 10.6 Å². The fourth-order valence-corrected chi connectivity index (χ4v) is 4.71. The number of aryl methyl sites for hydroxylation is 1. The first-order chi connectivity index (χ1) is 15.0. The third kappa shape index (κ3) is 3.49. The van der Waals surface area contributed by atoms with Crippen molar-refractivity contribution in [2.75, 3.05) is 10.6 Å². The van der Waals surface area contributed by atoms with Crippen LogP contribution in [0.15, 0.2) is 66.7 Å². The molecule has 6 nitrogen and oxygen atoms in total. The number of nitrogens with one attached hydrogen (secondary N) is 2. The van der Waals surface area contributed by atoms with Crippen LogP contribution in [-0.4, -0.2) is 22.6 Å². The molecule has 0 saturated carbocycles. The maximum Gasteiger partial charge on any atom is 0.292 e. The number of nitrogens with zero attached hydrogens (tertiary/aromatic N) is 1. The molecule has 3 aromatic carbocycles. The summed E-state index contributed by atoms with van der Waals surface area (Å²) in [7, 11) is 0. The molecule has 0 fully saturated rings. The van der Waals surface area contributed by atoms with Crippen LogP contribution in [0.25, 0.3) is 20.8 Å². The van der Waals surface area contributed by atoms with Gasteiger partial charge in [0.2, 0.25) is 11.7 Å². The highest BCUT2D eigenvalue weighted by atomic mass is 32.1. The second-order valence-corrected chi connectivity index (χ2v) is 8.43. The molecular weight excluding hydrogens is 410 g/mol. The highest BCUT2D eigenvalue weighted by Crippen LogP contribution is 2.33. The van der Waals surface area contributed by atoms with Crippen molar-refractivity contribution >= 4 is 50.5 Å². The molecular formula is C24H17N3O3S. The summed E-state index contributed by atoms with van der Waals surface area (Å²) < 4.78 is 1.12. The first kappa shape index (κ1) is 19.1. The summed E-state index contributed by atoms with van der Waals surface area (Å²) in [5.41, 5.74) is 4.62. The number of rotatable bonds is 4. The molecule has 2 heterocycles. The highest BCUT2D eigenvalue weighted by Gasteiger charge is 2.39. The Morgan fingerprint density at radius 3 is 2.61 bits per heavy atom. The summed E-state index contributed by atoms with van der Waals surface area (Å²) in [4.78, 5) is 42.0. The lowest BCUT2D eigenvalue weighted by Crippen LogP contribution is -2.31. The normalized spacial score (nSPS) is 14.9. The Hall–Kier alpha value is -3.84. The molecule has 0 radical (unpaired) electrons. The smallest absolute Gasteiger partial charge is 0.292 e. The van der Waals surface area contributed by atoms with Crippen molar-refractivity contribution in [1.29, 1.82) is 0 Å². The minimum atomic E-state index is -1.12. The zero-order chi connectivity index (χ0) is 21.5. The number of benzene rings is 3. The molecule has 1 aromatic heterocycles. The van der Waals surface area contributed by atoms with Gasteiger partial charge in [-0.2, -0.15) is 0 Å². The van der Waals surface area contributed by atoms with E-state index in [0.29, 0.717) is 16.9 Å². The Balaban J connectivity index is 1.33. The Morgan fingerprint density at radius 2 is 1.81 bits per heavy atom. The van der Waals surface area contributed by atoms with Crippen LogP contribution in [0.1, 0.15) is 17.0 Å². The summed E-state index contributed by atoms with van der Waals surface area (Å²) in [6.45, 7) is 2.05. The van der Waals surface area contributed by atoms with Crippen molar-refractivity contribution in [2.24, 2.45) is 0 Å². The summed E-state index contributed by atoms with van der Waals surface area (Å²) in [5.74, 6) is -3.21. The van der Waals surface area contributed by atoms with E-state index in [-0.39, 0.29) is 0 Å². The monoisotopic (exact) mass is 427 g/mol. The molecule has 1 unspecified atom stereocenters. The van der Waals surface area contributed by atoms with Gasteiger partial charge in [0, 0.05) is 16.9 Å². The molecule has 0 saturated heterocycles. The van der Waals surface area contributed by atoms with Gasteiger partial charge in [-0.3, -0.25) is 14.4 Å². The van der Waals surface area contributed by atoms with Crippen molar-refractivity contribution in [3.8, 4) is 10.6 Å². The number of amides is 2. The third-order valence-electron chi connectivity index (χ3n) is 5.21. The number of thiazole rings is 1. The first-order valence-electron chi connectivity index (χ1n) is 9.72. The van der Waals surface area contributed by atoms with Crippen LogP contribution < -0.4 is 10.6 Å². The predicted octanol–water partition coefficient (Wildman–Crippen LogP) is 4.52. The number of hydrogen-bond acceptors (Lipinski definition) is 5. The lowest BCUT2D eigenvalue weighted by molar-refractivity contribution is -0.138. The van der Waals surface area contributed by atoms with E-state index < -0.39 is 23.5 Å². The lowest BCUT2D eigenvalue weighted by atomic mass is 9.95. The van der Waals surface area contributed by atoms with Gasteiger partial charge in [-0.15, -0.1) is 11.3 Å². The fraction of sp³-hybridized carbons (Fsp3) is 0.0833. The number of aromatic nitrogens is 1. The molecule has 31 heavy (non-hydrogen) atoms. The molecule has 4 aromatic rings. The van der Waals surface area contributed by atoms with Gasteiger partial charge in [-0.1, -0.05) is 24.3 Å². The SMILES string of the molecule is Cc1ccc2nc(-c3ccc(NC(=O)C(=O)C4C(=O)Nc5ccccc54)cc3)sc2c1. The van der Waals surface area contributed by atoms with Crippen molar-refractivity contribution < 1.29 is 14.4 Å². The Bertz CT molecular complexity index is 1360. The van der Waals surface area contributed by atoms with Gasteiger partial charge in [-0.25, -0.2) is 4.98 Å². The molecule has 2 amide bonds. The molecule has 0 spiro atoms. The average Bonchev–Trinajstić information content (AvgIpc) is 3.33. The Kier molecular flexibility index (Phi) is 4.60. The standard InChI is InChI=1S/C24H17N3O3S/c1-13-6-11-18-19(12-13)31-24(27-18)14-7-9-15(10-8-14)25-23(30)21(28)20-16-4-2-3-5-17(16)26-22(20)29/h2-12,20H,1H3,(H,25,30)(H,26,29). The number of Topliss-reactive ketones (excluding diaryl/α,β-unsaturated/α-hetero) is 1. The van der Waals surface area contributed by atoms with Gasteiger partial charge >= 0.3 is 0 Å². The van der Waals surface area contributed by atoms with E-state index in [1.54, 1.807) is 47.7 Å². The number of fused-ring (bicyclic) bond motifs is 2. The van der Waals surface area contributed by atoms with Crippen LogP contribution in [-0.2, 0) is 14.4 Å². The van der Waals surface area contributed by atoms with Crippen LogP contribution in [0.5, 0.6) is 0 Å². The van der Waals surface area contributed by atoms with Gasteiger partial charge in [-0.05, 0) is 60.5 Å². The summed E-state index contributed by atoms with van der Waals surface area (Å²) in [5, 5.41) is 6.12. The quantitative estimate of drug-likeness (QED) is 0.370. The van der Waals surface area contributed by atoms with Crippen molar-refractivity contribution in [3.05, 3.63) is 77.9 Å². The Labute approximate surface area is 181 Å². The van der Waals surface area contributed by atoms with E-state index in [1.807, 2.05) is 31.2 Å². The van der Waals surface area contributed by atoms with E-state index in [9.17, 15) is 14.4 Å². The zero-order valence-corrected chi connectivity index (χ0v) is 17.3. The number of ketones is 1. The Morgan fingerprint density at radius 1 is 1.03 bits per heavy atom. The third-order valence-corrected chi connectivity index (χ3v) is 6.28. The lowest BCUT2D eigenvalue weighted by Gasteiger charge is -2.09. The largest absolute Gasteiger partial charge is 0.325 e. The molecule has 0 aliphatic carbocycles. The molecule has 1 aliphatic heterocycles. The molecule has 0 bridgehead atoms. The molecule has 1 atom stereocenters. The van der Waals surface area contributed by atoms with Crippen LogP contribution in [0.2, 0.25) is 0 Å². The second kappa shape index (κ2) is 7.45. The maximum atomic E-state index is 12.7. The summed E-state index contributed by atoms with van der Waals surface area (Å²) in [6, 6.07) is 20.2. The maximum absolute atomic E-state index is 12.7.